The molecular formula is C19H13ClFN3O2. The topological polar surface area (TPSA) is 71.1 Å². The van der Waals surface area contributed by atoms with Gasteiger partial charge in [0.15, 0.2) is 0 Å². The number of aromatic nitrogens is 1. The Morgan fingerprint density at radius 3 is 2.50 bits per heavy atom. The van der Waals surface area contributed by atoms with Gasteiger partial charge in [-0.15, -0.1) is 0 Å². The normalized spacial score (nSPS) is 10.2. The minimum Gasteiger partial charge on any atom is -0.321 e. The van der Waals surface area contributed by atoms with Crippen molar-refractivity contribution >= 4 is 34.8 Å². The highest BCUT2D eigenvalue weighted by atomic mass is 35.5. The Bertz CT molecular complexity index is 964. The fraction of sp³-hybridized carbons (Fsp3) is 0. The third-order valence-corrected chi connectivity index (χ3v) is 3.84. The largest absolute Gasteiger partial charge is 0.321 e. The molecule has 2 amide bonds. The van der Waals surface area contributed by atoms with Gasteiger partial charge >= 0.3 is 0 Å². The Labute approximate surface area is 153 Å². The van der Waals surface area contributed by atoms with Gasteiger partial charge in [0.2, 0.25) is 0 Å². The van der Waals surface area contributed by atoms with Crippen LogP contribution in [-0.4, -0.2) is 16.8 Å². The maximum absolute atomic E-state index is 13.7. The summed E-state index contributed by atoms with van der Waals surface area (Å²) in [5.74, 6) is -1.70. The molecule has 0 aliphatic carbocycles. The number of amides is 2. The number of carbonyl (C=O) groups is 2. The predicted octanol–water partition coefficient (Wildman–Crippen LogP) is 4.38. The number of carbonyl (C=O) groups excluding carboxylic acids is 2. The second-order valence-electron chi connectivity index (χ2n) is 5.32. The van der Waals surface area contributed by atoms with Crippen LogP contribution >= 0.6 is 11.6 Å². The van der Waals surface area contributed by atoms with Crippen molar-refractivity contribution in [1.82, 2.24) is 4.98 Å². The van der Waals surface area contributed by atoms with Gasteiger partial charge in [0, 0.05) is 11.8 Å². The third-order valence-electron chi connectivity index (χ3n) is 3.51. The zero-order valence-electron chi connectivity index (χ0n) is 13.4. The lowest BCUT2D eigenvalue weighted by Gasteiger charge is -2.10. The molecule has 0 unspecified atom stereocenters. The molecule has 0 fully saturated rings. The fourth-order valence-corrected chi connectivity index (χ4v) is 2.40. The molecule has 7 heteroatoms. The Balaban J connectivity index is 1.80. The number of hydrogen-bond donors (Lipinski definition) is 2. The van der Waals surface area contributed by atoms with Crippen LogP contribution in [0.3, 0.4) is 0 Å². The van der Waals surface area contributed by atoms with Crippen molar-refractivity contribution in [2.24, 2.45) is 0 Å². The summed E-state index contributed by atoms with van der Waals surface area (Å²) in [6.07, 6.45) is 3.10. The van der Waals surface area contributed by atoms with E-state index >= 15 is 0 Å². The first-order valence-corrected chi connectivity index (χ1v) is 7.99. The third kappa shape index (κ3) is 4.04. The Kier molecular flexibility index (Phi) is 5.24. The number of pyridine rings is 1. The van der Waals surface area contributed by atoms with E-state index in [1.807, 2.05) is 0 Å². The van der Waals surface area contributed by atoms with Crippen molar-refractivity contribution in [1.29, 1.82) is 0 Å². The van der Waals surface area contributed by atoms with Gasteiger partial charge < -0.3 is 10.6 Å². The number of anilines is 2. The highest BCUT2D eigenvalue weighted by Crippen LogP contribution is 2.24. The highest BCUT2D eigenvalue weighted by Gasteiger charge is 2.15. The van der Waals surface area contributed by atoms with Crippen LogP contribution in [-0.2, 0) is 0 Å². The highest BCUT2D eigenvalue weighted by molar-refractivity contribution is 6.34. The van der Waals surface area contributed by atoms with E-state index in [2.05, 4.69) is 15.6 Å². The Morgan fingerprint density at radius 1 is 0.962 bits per heavy atom. The second kappa shape index (κ2) is 7.76. The van der Waals surface area contributed by atoms with E-state index < -0.39 is 17.6 Å². The minimum atomic E-state index is -0.658. The minimum absolute atomic E-state index is 0.117. The number of benzene rings is 2. The van der Waals surface area contributed by atoms with Gasteiger partial charge in [0.25, 0.3) is 11.8 Å². The van der Waals surface area contributed by atoms with Crippen LogP contribution < -0.4 is 10.6 Å². The summed E-state index contributed by atoms with van der Waals surface area (Å²) >= 11 is 6.08. The SMILES string of the molecule is O=C(Nc1cccnc1)c1ccc(Cl)c(NC(=O)c2ccccc2F)c1. The number of rotatable bonds is 4. The number of hydrogen-bond acceptors (Lipinski definition) is 3. The van der Waals surface area contributed by atoms with Crippen molar-refractivity contribution in [2.75, 3.05) is 10.6 Å². The molecule has 0 spiro atoms. The molecule has 0 atom stereocenters. The van der Waals surface area contributed by atoms with E-state index in [0.29, 0.717) is 5.69 Å². The first-order chi connectivity index (χ1) is 12.5. The smallest absolute Gasteiger partial charge is 0.258 e. The van der Waals surface area contributed by atoms with E-state index in [9.17, 15) is 14.0 Å². The standard InChI is InChI=1S/C19H13ClFN3O2/c20-15-8-7-12(18(25)23-13-4-3-9-22-11-13)10-17(15)24-19(26)14-5-1-2-6-16(14)21/h1-11H,(H,23,25)(H,24,26). The average molecular weight is 370 g/mol. The van der Waals surface area contributed by atoms with Crippen LogP contribution in [0.2, 0.25) is 5.02 Å². The molecule has 1 aromatic heterocycles. The van der Waals surface area contributed by atoms with E-state index in [0.717, 1.165) is 0 Å². The van der Waals surface area contributed by atoms with E-state index in [1.165, 1.54) is 42.6 Å². The lowest BCUT2D eigenvalue weighted by atomic mass is 10.1. The average Bonchev–Trinajstić information content (AvgIpc) is 2.64. The Morgan fingerprint density at radius 2 is 1.77 bits per heavy atom. The molecule has 130 valence electrons. The van der Waals surface area contributed by atoms with Crippen LogP contribution in [0.1, 0.15) is 20.7 Å². The molecule has 3 aromatic rings. The quantitative estimate of drug-likeness (QED) is 0.717. The maximum Gasteiger partial charge on any atom is 0.258 e. The summed E-state index contributed by atoms with van der Waals surface area (Å²) in [5.41, 5.74) is 0.902. The molecule has 0 saturated heterocycles. The molecule has 26 heavy (non-hydrogen) atoms. The molecule has 3 rings (SSSR count). The Hall–Kier alpha value is -3.25. The lowest BCUT2D eigenvalue weighted by Crippen LogP contribution is -2.16. The van der Waals surface area contributed by atoms with E-state index in [-0.39, 0.29) is 21.8 Å². The van der Waals surface area contributed by atoms with Gasteiger partial charge in [0.1, 0.15) is 5.82 Å². The van der Waals surface area contributed by atoms with Gasteiger partial charge in [-0.1, -0.05) is 23.7 Å². The van der Waals surface area contributed by atoms with Crippen LogP contribution in [0.4, 0.5) is 15.8 Å². The molecule has 2 N–H and O–H groups in total. The second-order valence-corrected chi connectivity index (χ2v) is 5.73. The molecule has 0 bridgehead atoms. The molecular weight excluding hydrogens is 357 g/mol. The molecule has 0 radical (unpaired) electrons. The van der Waals surface area contributed by atoms with Gasteiger partial charge in [-0.3, -0.25) is 14.6 Å². The predicted molar refractivity (Wildman–Crippen MR) is 98.0 cm³/mol. The summed E-state index contributed by atoms with van der Waals surface area (Å²) < 4.78 is 13.7. The molecule has 0 saturated carbocycles. The van der Waals surface area contributed by atoms with Crippen LogP contribution in [0.25, 0.3) is 0 Å². The van der Waals surface area contributed by atoms with Crippen molar-refractivity contribution in [3.63, 3.8) is 0 Å². The van der Waals surface area contributed by atoms with Crippen molar-refractivity contribution in [3.8, 4) is 0 Å². The monoisotopic (exact) mass is 369 g/mol. The van der Waals surface area contributed by atoms with Crippen LogP contribution in [0.15, 0.2) is 67.0 Å². The van der Waals surface area contributed by atoms with Gasteiger partial charge in [-0.05, 0) is 42.5 Å². The van der Waals surface area contributed by atoms with E-state index in [4.69, 9.17) is 11.6 Å². The summed E-state index contributed by atoms with van der Waals surface area (Å²) in [6.45, 7) is 0. The zero-order chi connectivity index (χ0) is 18.5. The molecule has 0 aliphatic rings. The van der Waals surface area contributed by atoms with Gasteiger partial charge in [-0.25, -0.2) is 4.39 Å². The molecule has 2 aromatic carbocycles. The number of nitrogens with one attached hydrogen (secondary N) is 2. The summed E-state index contributed by atoms with van der Waals surface area (Å²) in [5, 5.41) is 5.43. The molecule has 1 heterocycles. The summed E-state index contributed by atoms with van der Waals surface area (Å²) in [4.78, 5) is 28.5. The van der Waals surface area contributed by atoms with Crippen molar-refractivity contribution < 1.29 is 14.0 Å². The maximum atomic E-state index is 13.7. The van der Waals surface area contributed by atoms with Crippen molar-refractivity contribution in [3.05, 3.63) is 89.0 Å². The number of halogens is 2. The van der Waals surface area contributed by atoms with Crippen LogP contribution in [0, 0.1) is 5.82 Å². The number of nitrogens with zero attached hydrogens (tertiary/aromatic N) is 1. The lowest BCUT2D eigenvalue weighted by molar-refractivity contribution is 0.101. The van der Waals surface area contributed by atoms with E-state index in [1.54, 1.807) is 24.4 Å². The summed E-state index contributed by atoms with van der Waals surface area (Å²) in [7, 11) is 0. The van der Waals surface area contributed by atoms with Gasteiger partial charge in [-0.2, -0.15) is 0 Å². The molecule has 0 aliphatic heterocycles. The summed E-state index contributed by atoms with van der Waals surface area (Å²) in [6, 6.07) is 13.4. The van der Waals surface area contributed by atoms with Gasteiger partial charge in [0.05, 0.1) is 28.2 Å². The fourth-order valence-electron chi connectivity index (χ4n) is 2.24. The van der Waals surface area contributed by atoms with Crippen LogP contribution in [0.5, 0.6) is 0 Å². The molecule has 5 nitrogen and oxygen atoms in total. The van der Waals surface area contributed by atoms with Crippen molar-refractivity contribution in [2.45, 2.75) is 0 Å². The first kappa shape index (κ1) is 17.6. The first-order valence-electron chi connectivity index (χ1n) is 7.61. The zero-order valence-corrected chi connectivity index (χ0v) is 14.1.